The van der Waals surface area contributed by atoms with Crippen molar-refractivity contribution < 1.29 is 14.3 Å². The number of aromatic nitrogens is 1. The first kappa shape index (κ1) is 23.7. The molecule has 2 amide bonds. The maximum absolute atomic E-state index is 13.2. The van der Waals surface area contributed by atoms with Crippen LogP contribution in [0.25, 0.3) is 0 Å². The molecular formula is C26H37N3O4. The third-order valence-electron chi connectivity index (χ3n) is 7.50. The van der Waals surface area contributed by atoms with Crippen molar-refractivity contribution in [3.63, 3.8) is 0 Å². The van der Waals surface area contributed by atoms with Gasteiger partial charge in [-0.15, -0.1) is 0 Å². The largest absolute Gasteiger partial charge is 0.383 e. The van der Waals surface area contributed by atoms with Crippen LogP contribution in [0.1, 0.15) is 78.5 Å². The highest BCUT2D eigenvalue weighted by Crippen LogP contribution is 2.42. The summed E-state index contributed by atoms with van der Waals surface area (Å²) >= 11 is 0. The van der Waals surface area contributed by atoms with E-state index in [-0.39, 0.29) is 23.1 Å². The van der Waals surface area contributed by atoms with Gasteiger partial charge in [0.25, 0.3) is 11.8 Å². The second-order valence-corrected chi connectivity index (χ2v) is 9.91. The van der Waals surface area contributed by atoms with E-state index in [9.17, 15) is 14.4 Å². The standard InChI is InChI=1S/C26H37N3O4/c1-33-12-11-29-16-22(25(31)27-15-20-14-18-9-10-19(20)13-18)24(30)23(17-29)26(32)28-21-7-5-3-2-4-6-8-21/h9-10,16-21H,2-8,11-15H2,1H3,(H,27,31)(H,28,32)/t18-,19+,20-/m1/s1. The Balaban J connectivity index is 1.48. The average Bonchev–Trinajstić information content (AvgIpc) is 3.42. The molecular weight excluding hydrogens is 418 g/mol. The van der Waals surface area contributed by atoms with Crippen LogP contribution in [-0.2, 0) is 11.3 Å². The van der Waals surface area contributed by atoms with E-state index in [2.05, 4.69) is 22.8 Å². The summed E-state index contributed by atoms with van der Waals surface area (Å²) in [6.07, 6.45) is 17.5. The van der Waals surface area contributed by atoms with Gasteiger partial charge in [0.05, 0.1) is 6.61 Å². The average molecular weight is 456 g/mol. The van der Waals surface area contributed by atoms with Gasteiger partial charge < -0.3 is 19.9 Å². The van der Waals surface area contributed by atoms with Gasteiger partial charge in [-0.05, 0) is 43.4 Å². The highest BCUT2D eigenvalue weighted by atomic mass is 16.5. The van der Waals surface area contributed by atoms with Gasteiger partial charge in [0.1, 0.15) is 11.1 Å². The first-order chi connectivity index (χ1) is 16.0. The summed E-state index contributed by atoms with van der Waals surface area (Å²) < 4.78 is 6.88. The number of carbonyl (C=O) groups is 2. The highest BCUT2D eigenvalue weighted by Gasteiger charge is 2.35. The van der Waals surface area contributed by atoms with Crippen molar-refractivity contribution in [2.24, 2.45) is 17.8 Å². The SMILES string of the molecule is COCCn1cc(C(=O)NC[C@H]2C[C@@H]3C=C[C@H]2C3)c(=O)c(C(=O)NC2CCCCCCC2)c1. The Kier molecular flexibility index (Phi) is 8.02. The highest BCUT2D eigenvalue weighted by molar-refractivity contribution is 5.99. The van der Waals surface area contributed by atoms with Crippen LogP contribution in [-0.4, -0.2) is 42.7 Å². The minimum atomic E-state index is -0.502. The van der Waals surface area contributed by atoms with Crippen LogP contribution in [0.5, 0.6) is 0 Å². The van der Waals surface area contributed by atoms with Crippen molar-refractivity contribution >= 4 is 11.8 Å². The summed E-state index contributed by atoms with van der Waals surface area (Å²) in [4.78, 5) is 39.3. The van der Waals surface area contributed by atoms with Crippen LogP contribution in [0.3, 0.4) is 0 Å². The van der Waals surface area contributed by atoms with Gasteiger partial charge in [-0.3, -0.25) is 14.4 Å². The number of hydrogen-bond donors (Lipinski definition) is 2. The maximum Gasteiger partial charge on any atom is 0.256 e. The molecule has 0 aliphatic heterocycles. The van der Waals surface area contributed by atoms with Crippen molar-refractivity contribution in [2.45, 2.75) is 70.4 Å². The summed E-state index contributed by atoms with van der Waals surface area (Å²) in [5.41, 5.74) is -0.448. The van der Waals surface area contributed by atoms with Gasteiger partial charge in [-0.25, -0.2) is 0 Å². The lowest BCUT2D eigenvalue weighted by Crippen LogP contribution is -2.40. The predicted octanol–water partition coefficient (Wildman–Crippen LogP) is 3.28. The molecule has 4 rings (SSSR count). The van der Waals surface area contributed by atoms with Crippen molar-refractivity contribution in [1.29, 1.82) is 0 Å². The van der Waals surface area contributed by atoms with Crippen molar-refractivity contribution in [3.8, 4) is 0 Å². The zero-order valence-corrected chi connectivity index (χ0v) is 19.7. The van der Waals surface area contributed by atoms with E-state index in [1.807, 2.05) is 0 Å². The molecule has 2 bridgehead atoms. The summed E-state index contributed by atoms with van der Waals surface area (Å²) in [6.45, 7) is 1.43. The number of amides is 2. The van der Waals surface area contributed by atoms with E-state index < -0.39 is 11.3 Å². The van der Waals surface area contributed by atoms with Gasteiger partial charge in [0.2, 0.25) is 5.43 Å². The minimum absolute atomic E-state index is 0.0233. The van der Waals surface area contributed by atoms with Crippen LogP contribution in [0.4, 0.5) is 0 Å². The Hall–Kier alpha value is -2.41. The molecule has 3 aliphatic rings. The smallest absolute Gasteiger partial charge is 0.256 e. The lowest BCUT2D eigenvalue weighted by Gasteiger charge is -2.21. The normalized spacial score (nSPS) is 24.9. The molecule has 7 nitrogen and oxygen atoms in total. The van der Waals surface area contributed by atoms with Crippen molar-refractivity contribution in [2.75, 3.05) is 20.3 Å². The number of ether oxygens (including phenoxy) is 1. The first-order valence-corrected chi connectivity index (χ1v) is 12.6. The molecule has 2 N–H and O–H groups in total. The zero-order chi connectivity index (χ0) is 23.2. The number of nitrogens with one attached hydrogen (secondary N) is 2. The Bertz CT molecular complexity index is 930. The van der Waals surface area contributed by atoms with Crippen molar-refractivity contribution in [3.05, 3.63) is 45.9 Å². The molecule has 7 heteroatoms. The van der Waals surface area contributed by atoms with Crippen LogP contribution in [0, 0.1) is 17.8 Å². The molecule has 0 aromatic carbocycles. The molecule has 0 spiro atoms. The minimum Gasteiger partial charge on any atom is -0.383 e. The summed E-state index contributed by atoms with van der Waals surface area (Å²) in [5.74, 6) is 0.784. The van der Waals surface area contributed by atoms with E-state index in [1.54, 1.807) is 24.1 Å². The molecule has 2 fully saturated rings. The van der Waals surface area contributed by atoms with Gasteiger partial charge in [0.15, 0.2) is 0 Å². The third-order valence-corrected chi connectivity index (χ3v) is 7.50. The predicted molar refractivity (Wildman–Crippen MR) is 127 cm³/mol. The van der Waals surface area contributed by atoms with Crippen LogP contribution < -0.4 is 16.1 Å². The number of nitrogens with zero attached hydrogens (tertiary/aromatic N) is 1. The summed E-state index contributed by atoms with van der Waals surface area (Å²) in [7, 11) is 1.60. The van der Waals surface area contributed by atoms with Crippen LogP contribution in [0.15, 0.2) is 29.3 Å². The van der Waals surface area contributed by atoms with Gasteiger partial charge in [-0.2, -0.15) is 0 Å². The fourth-order valence-electron chi connectivity index (χ4n) is 5.59. The Morgan fingerprint density at radius 3 is 2.33 bits per heavy atom. The molecule has 2 saturated carbocycles. The number of methoxy groups -OCH3 is 1. The molecule has 1 aromatic heterocycles. The van der Waals surface area contributed by atoms with Gasteiger partial charge >= 0.3 is 0 Å². The molecule has 33 heavy (non-hydrogen) atoms. The number of rotatable bonds is 8. The van der Waals surface area contributed by atoms with Gasteiger partial charge in [0, 0.05) is 38.6 Å². The van der Waals surface area contributed by atoms with E-state index >= 15 is 0 Å². The van der Waals surface area contributed by atoms with E-state index in [4.69, 9.17) is 4.74 Å². The van der Waals surface area contributed by atoms with E-state index in [0.29, 0.717) is 37.5 Å². The quantitative estimate of drug-likeness (QED) is 0.589. The molecule has 0 radical (unpaired) electrons. The fourth-order valence-corrected chi connectivity index (χ4v) is 5.59. The molecule has 1 aromatic rings. The Morgan fingerprint density at radius 2 is 1.70 bits per heavy atom. The summed E-state index contributed by atoms with van der Waals surface area (Å²) in [6, 6.07) is 0.0768. The summed E-state index contributed by atoms with van der Waals surface area (Å²) in [5, 5.41) is 6.03. The lowest BCUT2D eigenvalue weighted by molar-refractivity contribution is 0.0928. The molecule has 180 valence electrons. The van der Waals surface area contributed by atoms with Crippen molar-refractivity contribution in [1.82, 2.24) is 15.2 Å². The zero-order valence-electron chi connectivity index (χ0n) is 19.7. The van der Waals surface area contributed by atoms with Gasteiger partial charge in [-0.1, -0.05) is 44.3 Å². The number of pyridine rings is 1. The molecule has 0 saturated heterocycles. The Morgan fingerprint density at radius 1 is 1.00 bits per heavy atom. The monoisotopic (exact) mass is 455 g/mol. The fraction of sp³-hybridized carbons (Fsp3) is 0.654. The molecule has 1 heterocycles. The number of hydrogen-bond acceptors (Lipinski definition) is 4. The topological polar surface area (TPSA) is 89.4 Å². The Labute approximate surface area is 196 Å². The first-order valence-electron chi connectivity index (χ1n) is 12.6. The second kappa shape index (κ2) is 11.1. The lowest BCUT2D eigenvalue weighted by atomic mass is 9.93. The molecule has 3 atom stereocenters. The van der Waals surface area contributed by atoms with E-state index in [0.717, 1.165) is 32.1 Å². The number of fused-ring (bicyclic) bond motifs is 2. The molecule has 0 unspecified atom stereocenters. The van der Waals surface area contributed by atoms with E-state index in [1.165, 1.54) is 25.7 Å². The second-order valence-electron chi connectivity index (χ2n) is 9.91. The number of allylic oxidation sites excluding steroid dienone is 2. The third kappa shape index (κ3) is 5.94. The maximum atomic E-state index is 13.2. The van der Waals surface area contributed by atoms with Crippen LogP contribution in [0.2, 0.25) is 0 Å². The van der Waals surface area contributed by atoms with Crippen LogP contribution >= 0.6 is 0 Å². The molecule has 3 aliphatic carbocycles. The number of carbonyl (C=O) groups excluding carboxylic acids is 2.